The van der Waals surface area contributed by atoms with Crippen molar-refractivity contribution in [3.63, 3.8) is 0 Å². The summed E-state index contributed by atoms with van der Waals surface area (Å²) in [7, 11) is 0. The van der Waals surface area contributed by atoms with Gasteiger partial charge in [-0.25, -0.2) is 4.79 Å². The van der Waals surface area contributed by atoms with Crippen LogP contribution in [0.1, 0.15) is 43.6 Å². The predicted octanol–water partition coefficient (Wildman–Crippen LogP) is 2.59. The summed E-state index contributed by atoms with van der Waals surface area (Å²) >= 11 is 0. The van der Waals surface area contributed by atoms with E-state index >= 15 is 0 Å². The minimum atomic E-state index is -1.06. The van der Waals surface area contributed by atoms with Crippen molar-refractivity contribution in [1.82, 2.24) is 10.3 Å². The van der Waals surface area contributed by atoms with Crippen LogP contribution in [0.4, 0.5) is 0 Å². The summed E-state index contributed by atoms with van der Waals surface area (Å²) in [6, 6.07) is 1.58. The average Bonchev–Trinajstić information content (AvgIpc) is 2.42. The summed E-state index contributed by atoms with van der Waals surface area (Å²) in [5.41, 5.74) is 0.890. The Morgan fingerprint density at radius 1 is 1.43 bits per heavy atom. The SMILES string of the molecule is CC(C)C(C)(C)CNC(=O)c1ccncc1/C=C/C(=O)O. The molecule has 0 saturated carbocycles. The minimum Gasteiger partial charge on any atom is -0.478 e. The Labute approximate surface area is 125 Å². The van der Waals surface area contributed by atoms with Gasteiger partial charge in [0.1, 0.15) is 0 Å². The number of pyridine rings is 1. The summed E-state index contributed by atoms with van der Waals surface area (Å²) in [4.78, 5) is 26.8. The van der Waals surface area contributed by atoms with E-state index in [2.05, 4.69) is 38.0 Å². The number of aliphatic carboxylic acids is 1. The lowest BCUT2D eigenvalue weighted by Gasteiger charge is -2.29. The van der Waals surface area contributed by atoms with Crippen molar-refractivity contribution in [3.05, 3.63) is 35.7 Å². The summed E-state index contributed by atoms with van der Waals surface area (Å²) in [6.07, 6.45) is 5.35. The van der Waals surface area contributed by atoms with Crippen molar-refractivity contribution in [1.29, 1.82) is 0 Å². The van der Waals surface area contributed by atoms with Gasteiger partial charge in [-0.15, -0.1) is 0 Å². The number of nitrogens with one attached hydrogen (secondary N) is 1. The molecule has 1 amide bonds. The van der Waals surface area contributed by atoms with E-state index in [4.69, 9.17) is 5.11 Å². The Hall–Kier alpha value is -2.17. The molecule has 1 rings (SSSR count). The van der Waals surface area contributed by atoms with Gasteiger partial charge in [-0.05, 0) is 23.5 Å². The number of aromatic nitrogens is 1. The molecule has 1 aromatic rings. The van der Waals surface area contributed by atoms with Gasteiger partial charge in [-0.2, -0.15) is 0 Å². The van der Waals surface area contributed by atoms with Crippen molar-refractivity contribution < 1.29 is 14.7 Å². The molecule has 5 nitrogen and oxygen atoms in total. The molecule has 0 saturated heterocycles. The molecule has 114 valence electrons. The Morgan fingerprint density at radius 2 is 2.10 bits per heavy atom. The second-order valence-electron chi connectivity index (χ2n) is 5.96. The van der Waals surface area contributed by atoms with Gasteiger partial charge in [0, 0.05) is 36.1 Å². The van der Waals surface area contributed by atoms with Crippen LogP contribution in [0.2, 0.25) is 0 Å². The standard InChI is InChI=1S/C16H22N2O3/c1-11(2)16(3,4)10-18-15(21)13-7-8-17-9-12(13)5-6-14(19)20/h5-9,11H,10H2,1-4H3,(H,18,21)(H,19,20)/b6-5+. The molecule has 0 atom stereocenters. The number of rotatable bonds is 6. The van der Waals surface area contributed by atoms with E-state index in [1.807, 2.05) is 0 Å². The molecule has 0 aromatic carbocycles. The summed E-state index contributed by atoms with van der Waals surface area (Å²) in [6.45, 7) is 8.96. The van der Waals surface area contributed by atoms with Gasteiger partial charge < -0.3 is 10.4 Å². The Bertz CT molecular complexity index is 548. The van der Waals surface area contributed by atoms with Gasteiger partial charge in [0.2, 0.25) is 0 Å². The van der Waals surface area contributed by atoms with Gasteiger partial charge >= 0.3 is 5.97 Å². The molecule has 0 bridgehead atoms. The highest BCUT2D eigenvalue weighted by Gasteiger charge is 2.23. The number of carbonyl (C=O) groups excluding carboxylic acids is 1. The molecule has 1 aromatic heterocycles. The molecule has 1 heterocycles. The van der Waals surface area contributed by atoms with E-state index < -0.39 is 5.97 Å². The minimum absolute atomic E-state index is 0.0141. The van der Waals surface area contributed by atoms with Crippen LogP contribution in [-0.4, -0.2) is 28.5 Å². The number of carbonyl (C=O) groups is 2. The maximum atomic E-state index is 12.3. The lowest BCUT2D eigenvalue weighted by Crippen LogP contribution is -2.37. The van der Waals surface area contributed by atoms with E-state index in [0.29, 0.717) is 23.6 Å². The molecule has 0 aliphatic heterocycles. The summed E-state index contributed by atoms with van der Waals surface area (Å²) in [5, 5.41) is 11.6. The van der Waals surface area contributed by atoms with Gasteiger partial charge in [0.05, 0.1) is 0 Å². The molecule has 0 aliphatic carbocycles. The number of carboxylic acid groups (broad SMARTS) is 1. The fourth-order valence-corrected chi connectivity index (χ4v) is 1.51. The van der Waals surface area contributed by atoms with Gasteiger partial charge in [0.15, 0.2) is 0 Å². The number of carboxylic acids is 1. The van der Waals surface area contributed by atoms with Crippen LogP contribution in [-0.2, 0) is 4.79 Å². The predicted molar refractivity (Wildman–Crippen MR) is 81.9 cm³/mol. The van der Waals surface area contributed by atoms with E-state index in [0.717, 1.165) is 6.08 Å². The normalized spacial score (nSPS) is 11.9. The quantitative estimate of drug-likeness (QED) is 0.789. The Balaban J connectivity index is 2.86. The number of hydrogen-bond donors (Lipinski definition) is 2. The van der Waals surface area contributed by atoms with Gasteiger partial charge in [-0.3, -0.25) is 9.78 Å². The first-order valence-electron chi connectivity index (χ1n) is 6.87. The Kier molecular flexibility index (Phi) is 5.64. The van der Waals surface area contributed by atoms with Crippen LogP contribution in [0.3, 0.4) is 0 Å². The first kappa shape index (κ1) is 16.9. The summed E-state index contributed by atoms with van der Waals surface area (Å²) in [5.74, 6) is -0.857. The van der Waals surface area contributed by atoms with Crippen molar-refractivity contribution in [2.45, 2.75) is 27.7 Å². The zero-order chi connectivity index (χ0) is 16.0. The largest absolute Gasteiger partial charge is 0.478 e. The van der Waals surface area contributed by atoms with E-state index in [1.165, 1.54) is 18.5 Å². The Morgan fingerprint density at radius 3 is 2.67 bits per heavy atom. The molecule has 0 radical (unpaired) electrons. The van der Waals surface area contributed by atoms with Crippen molar-refractivity contribution in [2.24, 2.45) is 11.3 Å². The average molecular weight is 290 g/mol. The third-order valence-electron chi connectivity index (χ3n) is 3.77. The van der Waals surface area contributed by atoms with Crippen LogP contribution in [0, 0.1) is 11.3 Å². The molecular weight excluding hydrogens is 268 g/mol. The second-order valence-corrected chi connectivity index (χ2v) is 5.96. The maximum absolute atomic E-state index is 12.3. The highest BCUT2D eigenvalue weighted by Crippen LogP contribution is 2.24. The first-order chi connectivity index (χ1) is 9.74. The molecule has 0 spiro atoms. The smallest absolute Gasteiger partial charge is 0.328 e. The van der Waals surface area contributed by atoms with Crippen LogP contribution in [0.15, 0.2) is 24.5 Å². The van der Waals surface area contributed by atoms with Crippen molar-refractivity contribution in [2.75, 3.05) is 6.54 Å². The summed E-state index contributed by atoms with van der Waals surface area (Å²) < 4.78 is 0. The zero-order valence-corrected chi connectivity index (χ0v) is 12.9. The monoisotopic (exact) mass is 290 g/mol. The lowest BCUT2D eigenvalue weighted by atomic mass is 9.81. The van der Waals surface area contributed by atoms with E-state index in [-0.39, 0.29) is 11.3 Å². The molecule has 21 heavy (non-hydrogen) atoms. The zero-order valence-electron chi connectivity index (χ0n) is 12.9. The van der Waals surface area contributed by atoms with Crippen LogP contribution in [0.5, 0.6) is 0 Å². The fraction of sp³-hybridized carbons (Fsp3) is 0.438. The number of nitrogens with zero attached hydrogens (tertiary/aromatic N) is 1. The highest BCUT2D eigenvalue weighted by atomic mass is 16.4. The molecular formula is C16H22N2O3. The third kappa shape index (κ3) is 5.02. The van der Waals surface area contributed by atoms with Crippen molar-refractivity contribution >= 4 is 18.0 Å². The molecule has 5 heteroatoms. The van der Waals surface area contributed by atoms with Crippen molar-refractivity contribution in [3.8, 4) is 0 Å². The van der Waals surface area contributed by atoms with Crippen LogP contribution < -0.4 is 5.32 Å². The molecule has 0 fully saturated rings. The molecule has 2 N–H and O–H groups in total. The van der Waals surface area contributed by atoms with E-state index in [9.17, 15) is 9.59 Å². The lowest BCUT2D eigenvalue weighted by molar-refractivity contribution is -0.131. The first-order valence-corrected chi connectivity index (χ1v) is 6.87. The highest BCUT2D eigenvalue weighted by molar-refractivity contribution is 5.98. The molecule has 0 aliphatic rings. The number of amides is 1. The number of hydrogen-bond acceptors (Lipinski definition) is 3. The van der Waals surface area contributed by atoms with E-state index in [1.54, 1.807) is 6.07 Å². The molecule has 0 unspecified atom stereocenters. The topological polar surface area (TPSA) is 79.3 Å². The van der Waals surface area contributed by atoms with Crippen LogP contribution >= 0.6 is 0 Å². The third-order valence-corrected chi connectivity index (χ3v) is 3.77. The van der Waals surface area contributed by atoms with Gasteiger partial charge in [0.25, 0.3) is 5.91 Å². The second kappa shape index (κ2) is 7.02. The maximum Gasteiger partial charge on any atom is 0.328 e. The van der Waals surface area contributed by atoms with Crippen LogP contribution in [0.25, 0.3) is 6.08 Å². The van der Waals surface area contributed by atoms with Gasteiger partial charge in [-0.1, -0.05) is 27.7 Å². The fourth-order valence-electron chi connectivity index (χ4n) is 1.51.